The first-order valence-electron chi connectivity index (χ1n) is 39.8. The van der Waals surface area contributed by atoms with E-state index < -0.39 is 187 Å². The van der Waals surface area contributed by atoms with Crippen LogP contribution in [0.3, 0.4) is 0 Å². The van der Waals surface area contributed by atoms with Crippen LogP contribution in [0.4, 0.5) is 65.9 Å². The molecule has 0 amide bonds. The fourth-order valence-corrected chi connectivity index (χ4v) is 16.9. The molecule has 0 spiro atoms. The van der Waals surface area contributed by atoms with Crippen molar-refractivity contribution in [2.75, 3.05) is 0 Å². The Morgan fingerprint density at radius 1 is 0.216 bits per heavy atom. The third-order valence-corrected chi connectivity index (χ3v) is 23.7. The van der Waals surface area contributed by atoms with Crippen LogP contribution in [-0.2, 0) is 71.4 Å². The molecular formula is C100H75F15N8Zn2. The van der Waals surface area contributed by atoms with Gasteiger partial charge < -0.3 is 19.9 Å². The second-order valence-electron chi connectivity index (χ2n) is 38.2. The molecule has 8 aromatic carbocycles. The molecule has 0 unspecified atom stereocenters. The maximum atomic E-state index is 17.5. The molecule has 8 nitrogen and oxygen atoms in total. The van der Waals surface area contributed by atoms with Crippen molar-refractivity contribution in [2.24, 2.45) is 0 Å². The average molecular weight is 1800 g/mol. The number of nitrogens with zero attached hydrogens (tertiary/aromatic N) is 8. The Bertz CT molecular complexity index is 7510. The average Bonchev–Trinajstić information content (AvgIpc) is 1.53. The number of benzene rings is 8. The van der Waals surface area contributed by atoms with E-state index in [4.69, 9.17) is 29.9 Å². The van der Waals surface area contributed by atoms with Gasteiger partial charge in [-0.3, -0.25) is 0 Å². The van der Waals surface area contributed by atoms with Crippen LogP contribution in [0.15, 0.2) is 103 Å². The molecule has 0 fully saturated rings. The Hall–Kier alpha value is -11.3. The third kappa shape index (κ3) is 13.8. The van der Waals surface area contributed by atoms with E-state index in [9.17, 15) is 0 Å². The number of fused-ring (bicyclic) bond motifs is 14. The molecule has 2 aliphatic heterocycles. The molecule has 16 bridgehead atoms. The molecule has 0 atom stereocenters. The van der Waals surface area contributed by atoms with Crippen molar-refractivity contribution in [1.29, 1.82) is 0 Å². The minimum absolute atomic E-state index is 0. The molecule has 624 valence electrons. The van der Waals surface area contributed by atoms with Gasteiger partial charge in [-0.2, -0.15) is 0 Å². The fraction of sp³-hybridized carbons (Fsp3) is 0.240. The van der Waals surface area contributed by atoms with Crippen LogP contribution >= 0.6 is 0 Å². The molecule has 0 N–H and O–H groups in total. The summed E-state index contributed by atoms with van der Waals surface area (Å²) in [5.41, 5.74) is -5.00. The number of hydrogen-bond acceptors (Lipinski definition) is 4. The van der Waals surface area contributed by atoms with Crippen LogP contribution in [0, 0.1) is 87.3 Å². The van der Waals surface area contributed by atoms with E-state index in [1.54, 1.807) is 12.1 Å². The van der Waals surface area contributed by atoms with Gasteiger partial charge in [-0.1, -0.05) is 216 Å². The molecule has 0 saturated carbocycles. The molecule has 0 radical (unpaired) electrons. The summed E-state index contributed by atoms with van der Waals surface area (Å²) in [6.45, 7) is 37.7. The summed E-state index contributed by atoms with van der Waals surface area (Å²) in [6.07, 6.45) is 5.48. The van der Waals surface area contributed by atoms with Gasteiger partial charge in [0.1, 0.15) is 0 Å². The van der Waals surface area contributed by atoms with Crippen LogP contribution in [0.2, 0.25) is 0 Å². The van der Waals surface area contributed by atoms with Gasteiger partial charge >= 0.3 is 39.0 Å². The van der Waals surface area contributed by atoms with Crippen LogP contribution < -0.4 is 19.9 Å². The number of aromatic nitrogens is 8. The predicted octanol–water partition coefficient (Wildman–Crippen LogP) is 28.0. The summed E-state index contributed by atoms with van der Waals surface area (Å²) >= 11 is 0. The van der Waals surface area contributed by atoms with Crippen molar-refractivity contribution >= 4 is 123 Å². The van der Waals surface area contributed by atoms with E-state index in [1.165, 1.54) is 12.1 Å². The van der Waals surface area contributed by atoms with Crippen molar-refractivity contribution in [2.45, 2.75) is 157 Å². The minimum Gasteiger partial charge on any atom is -0.657 e. The van der Waals surface area contributed by atoms with Gasteiger partial charge in [0.05, 0.1) is 61.5 Å². The summed E-state index contributed by atoms with van der Waals surface area (Å²) < 4.78 is 248. The van der Waals surface area contributed by atoms with Crippen molar-refractivity contribution in [1.82, 2.24) is 39.9 Å². The molecule has 125 heavy (non-hydrogen) atoms. The quantitative estimate of drug-likeness (QED) is 0.0701. The largest absolute Gasteiger partial charge is 2.00 e. The molecule has 0 aliphatic carbocycles. The zero-order valence-electron chi connectivity index (χ0n) is 71.3. The van der Waals surface area contributed by atoms with E-state index in [-0.39, 0.29) is 104 Å². The second kappa shape index (κ2) is 29.4. The van der Waals surface area contributed by atoms with Crippen LogP contribution in [0.5, 0.6) is 0 Å². The van der Waals surface area contributed by atoms with Crippen molar-refractivity contribution in [3.63, 3.8) is 0 Å². The molecule has 10 heterocycles. The van der Waals surface area contributed by atoms with Crippen LogP contribution in [-0.4, -0.2) is 19.9 Å². The Morgan fingerprint density at radius 3 is 0.760 bits per heavy atom. The second-order valence-corrected chi connectivity index (χ2v) is 38.2. The van der Waals surface area contributed by atoms with Gasteiger partial charge in [0.15, 0.2) is 69.8 Å². The van der Waals surface area contributed by atoms with Crippen molar-refractivity contribution in [3.8, 4) is 66.8 Å². The summed E-state index contributed by atoms with van der Waals surface area (Å²) in [5, 5.41) is 0.279. The Balaban J connectivity index is 0.00000576. The van der Waals surface area contributed by atoms with Gasteiger partial charge in [-0.05, 0) is 174 Å². The first kappa shape index (κ1) is 87.2. The van der Waals surface area contributed by atoms with Crippen LogP contribution in [0.25, 0.3) is 190 Å². The molecule has 16 aromatic rings. The van der Waals surface area contributed by atoms with Crippen molar-refractivity contribution < 1.29 is 105 Å². The van der Waals surface area contributed by atoms with Crippen LogP contribution in [0.1, 0.15) is 181 Å². The maximum Gasteiger partial charge on any atom is 2.00 e. The Kier molecular flexibility index (Phi) is 20.5. The maximum absolute atomic E-state index is 17.5. The predicted molar refractivity (Wildman–Crippen MR) is 457 cm³/mol. The molecular weight excluding hydrogens is 1730 g/mol. The molecule has 2 aliphatic rings. The molecule has 0 saturated heterocycles. The summed E-state index contributed by atoms with van der Waals surface area (Å²) in [4.78, 5) is 42.3. The smallest absolute Gasteiger partial charge is 0.657 e. The van der Waals surface area contributed by atoms with Gasteiger partial charge in [-0.15, -0.1) is 44.1 Å². The number of hydrogen-bond donors (Lipinski definition) is 0. The summed E-state index contributed by atoms with van der Waals surface area (Å²) in [6, 6.07) is 30.3. The van der Waals surface area contributed by atoms with Crippen molar-refractivity contribution in [3.05, 3.63) is 247 Å². The van der Waals surface area contributed by atoms with E-state index in [0.717, 1.165) is 63.2 Å². The van der Waals surface area contributed by atoms with Gasteiger partial charge in [0.2, 0.25) is 17.5 Å². The third-order valence-electron chi connectivity index (χ3n) is 23.7. The number of halogens is 15. The molecule has 25 heteroatoms. The number of rotatable bonds is 6. The normalized spacial score (nSPS) is 13.1. The Labute approximate surface area is 733 Å². The van der Waals surface area contributed by atoms with E-state index in [0.29, 0.717) is 50.2 Å². The van der Waals surface area contributed by atoms with Gasteiger partial charge in [0.25, 0.3) is 0 Å². The molecule has 8 aromatic heterocycles. The fourth-order valence-electron chi connectivity index (χ4n) is 16.9. The monoisotopic (exact) mass is 1800 g/mol. The zero-order chi connectivity index (χ0) is 88.3. The first-order valence-corrected chi connectivity index (χ1v) is 39.8. The van der Waals surface area contributed by atoms with E-state index >= 15 is 65.9 Å². The Morgan fingerprint density at radius 2 is 0.448 bits per heavy atom. The van der Waals surface area contributed by atoms with E-state index in [2.05, 4.69) is 165 Å². The standard InChI is InChI=1S/C100H75F15N8.2Zn/c1-95(2,3)43-27-40(28-44(33-43)96(4,5)6)65-53-19-21-55(116-53)66(41-29-45(97(7,8)9)34-46(30-41)98(10,11)12)61-36-49-51-38-63-69(72-78(103)84(109)89(114)85(110)79(72)104)59-25-23-57(118-59)68(71-76(101)82(107)88(113)83(108)77(71)102)58-24-26-60(119-58)70(73-80(105)86(111)90(115)87(112)81(73)106)64-39-52-50-37-62(121-92(50)74(91(49)120-61)75(93(51)122-63)94(52)123-64)67(56-22-20-54(65)117-56)42-31-47(99(13,14)15)35-48(32-42)100(16,17)18;;/h19-39H,1-18H3;;/q-4;2*+2. The zero-order valence-corrected chi connectivity index (χ0v) is 77.2. The topological polar surface area (TPSA) is 108 Å². The minimum atomic E-state index is -2.65. The first-order chi connectivity index (χ1) is 57.5. The summed E-state index contributed by atoms with van der Waals surface area (Å²) in [5.74, 6) is -37.6. The van der Waals surface area contributed by atoms with Gasteiger partial charge in [0, 0.05) is 10.8 Å². The summed E-state index contributed by atoms with van der Waals surface area (Å²) in [7, 11) is 0. The molecule has 18 rings (SSSR count). The van der Waals surface area contributed by atoms with Gasteiger partial charge in [-0.25, -0.2) is 85.8 Å². The van der Waals surface area contributed by atoms with E-state index in [1.807, 2.05) is 48.6 Å². The SMILES string of the molecule is CC(C)(C)c1cc(-c2c3nc(c(-c4cc(C(C)(C)C)cc(C(C)(C)C)c4)c4cc5c6cc7nc6c6c8[n-]c(cc8c8cc(nc8c6c5[n-]4)c(-c4cc(C(C)(C)C)cc(C(C)(C)C)c4)c4ccc2[n-]4)c(-c2c(F)c(F)c(F)c(F)c2F)c2nc(c(-c4c(F)c(F)c(F)c(F)c4F)c4ccc([n-]4)c7-c4c(F)c(F)c(F)c(F)c4F)C=C2)C=C3)cc(C(C)(C)C)c1.[Zn+2].[Zn+2].